The molecule has 0 bridgehead atoms. The highest BCUT2D eigenvalue weighted by atomic mass is 35.5. The predicted molar refractivity (Wildman–Crippen MR) is 253 cm³/mol. The lowest BCUT2D eigenvalue weighted by molar-refractivity contribution is -0.143. The van der Waals surface area contributed by atoms with Crippen molar-refractivity contribution in [3.05, 3.63) is 93.0 Å². The molecule has 0 radical (unpaired) electrons. The lowest BCUT2D eigenvalue weighted by Crippen LogP contribution is -2.47. The van der Waals surface area contributed by atoms with E-state index in [0.717, 1.165) is 30.5 Å². The van der Waals surface area contributed by atoms with Crippen LogP contribution in [0.4, 0.5) is 49.7 Å². The number of hydrogen-bond donors (Lipinski definition) is 4. The molecular weight excluding hydrogens is 1080 g/mol. The molecule has 1 saturated carbocycles. The summed E-state index contributed by atoms with van der Waals surface area (Å²) in [6, 6.07) is 5.06. The van der Waals surface area contributed by atoms with E-state index >= 15 is 8.78 Å². The number of nitrogens with zero attached hydrogens (tertiary/aromatic N) is 7. The monoisotopic (exact) mass is 1120 g/mol. The van der Waals surface area contributed by atoms with E-state index < -0.39 is 150 Å². The molecule has 29 heteroatoms. The largest absolute Gasteiger partial charge is 0.435 e. The van der Waals surface area contributed by atoms with Gasteiger partial charge in [0.2, 0.25) is 22.7 Å². The highest BCUT2D eigenvalue weighted by Crippen LogP contribution is 2.68. The van der Waals surface area contributed by atoms with Crippen molar-refractivity contribution in [1.29, 1.82) is 0 Å². The van der Waals surface area contributed by atoms with E-state index in [1.54, 1.807) is 0 Å². The number of amides is 2. The molecule has 4 heterocycles. The maximum absolute atomic E-state index is 15.6. The first kappa shape index (κ1) is 55.2. The van der Waals surface area contributed by atoms with Crippen molar-refractivity contribution in [2.24, 2.45) is 5.92 Å². The van der Waals surface area contributed by atoms with Crippen molar-refractivity contribution in [3.8, 4) is 23.0 Å². The number of fused-ring (bicyclic) bond motifs is 4. The van der Waals surface area contributed by atoms with E-state index in [4.69, 9.17) is 11.6 Å². The Kier molecular flexibility index (Phi) is 15.1. The predicted octanol–water partition coefficient (Wildman–Crippen LogP) is 5.65. The zero-order valence-corrected chi connectivity index (χ0v) is 42.1. The zero-order chi connectivity index (χ0) is 54.7. The number of halogens is 11. The summed E-state index contributed by atoms with van der Waals surface area (Å²) in [7, 11) is -7.74. The van der Waals surface area contributed by atoms with Gasteiger partial charge in [0.25, 0.3) is 5.92 Å². The van der Waals surface area contributed by atoms with E-state index in [9.17, 15) is 61.5 Å². The summed E-state index contributed by atoms with van der Waals surface area (Å²) in [4.78, 5) is 34.1. The summed E-state index contributed by atoms with van der Waals surface area (Å²) in [5.41, 5.74) is -5.54. The molecule has 2 amide bonds. The topological polar surface area (TPSA) is 194 Å². The second-order valence-corrected chi connectivity index (χ2v) is 22.7. The first-order chi connectivity index (χ1) is 34.9. The molecule has 2 aliphatic carbocycles. The number of anilines is 1. The van der Waals surface area contributed by atoms with Crippen LogP contribution >= 0.6 is 11.6 Å². The van der Waals surface area contributed by atoms with Crippen molar-refractivity contribution < 1.29 is 70.3 Å². The van der Waals surface area contributed by atoms with Crippen LogP contribution in [0, 0.1) is 29.4 Å². The van der Waals surface area contributed by atoms with Crippen molar-refractivity contribution in [2.75, 3.05) is 56.4 Å². The molecule has 3 N–H and O–H groups in total. The van der Waals surface area contributed by atoms with Gasteiger partial charge in [0.15, 0.2) is 21.3 Å². The average Bonchev–Trinajstić information content (AvgIpc) is 3.81. The number of carbonyl (C=O) groups excluding carboxylic acids is 2. The fourth-order valence-corrected chi connectivity index (χ4v) is 10.1. The fourth-order valence-electron chi connectivity index (χ4n) is 9.13. The minimum atomic E-state index is -5.21. The third-order valence-electron chi connectivity index (χ3n) is 13.0. The van der Waals surface area contributed by atoms with E-state index in [1.807, 2.05) is 4.90 Å². The second-order valence-electron chi connectivity index (χ2n) is 18.8. The fraction of sp³-hybridized carbons (Fsp3) is 0.457. The van der Waals surface area contributed by atoms with Gasteiger partial charge in [-0.05, 0) is 74.4 Å². The molecule has 3 atom stereocenters. The van der Waals surface area contributed by atoms with Crippen molar-refractivity contribution in [2.45, 2.75) is 74.8 Å². The summed E-state index contributed by atoms with van der Waals surface area (Å²) in [6.07, 6.45) is -10.3. The molecular formula is C46H45ClF10N10O6S2. The van der Waals surface area contributed by atoms with Gasteiger partial charge < -0.3 is 16.0 Å². The summed E-state index contributed by atoms with van der Waals surface area (Å²) in [5, 5.41) is 14.8. The van der Waals surface area contributed by atoms with Crippen molar-refractivity contribution in [1.82, 2.24) is 45.4 Å². The minimum Gasteiger partial charge on any atom is -0.353 e. The van der Waals surface area contributed by atoms with E-state index in [2.05, 4.69) is 43.0 Å². The van der Waals surface area contributed by atoms with Gasteiger partial charge in [-0.2, -0.15) is 45.3 Å². The summed E-state index contributed by atoms with van der Waals surface area (Å²) in [5.74, 6) is -6.51. The summed E-state index contributed by atoms with van der Waals surface area (Å²) in [6.45, 7) is 1.54. The Balaban J connectivity index is 1.29. The first-order valence-electron chi connectivity index (χ1n) is 22.9. The van der Waals surface area contributed by atoms with Gasteiger partial charge in [-0.1, -0.05) is 23.6 Å². The van der Waals surface area contributed by atoms with Crippen LogP contribution in [0.1, 0.15) is 66.1 Å². The maximum atomic E-state index is 15.6. The van der Waals surface area contributed by atoms with Gasteiger partial charge >= 0.3 is 12.4 Å². The van der Waals surface area contributed by atoms with Gasteiger partial charge in [-0.3, -0.25) is 23.9 Å². The summed E-state index contributed by atoms with van der Waals surface area (Å²) < 4.78 is 198. The molecule has 0 spiro atoms. The number of sulfone groups is 1. The first-order valence-corrected chi connectivity index (χ1v) is 26.3. The minimum absolute atomic E-state index is 0.0739. The lowest BCUT2D eigenvalue weighted by Gasteiger charge is -2.27. The quantitative estimate of drug-likeness (QED) is 0.0543. The van der Waals surface area contributed by atoms with Gasteiger partial charge in [0.05, 0.1) is 27.7 Å². The Bertz CT molecular complexity index is 3320. The number of carbonyl (C=O) groups is 2. The van der Waals surface area contributed by atoms with E-state index in [1.165, 1.54) is 26.0 Å². The SMILES string of the molecule is CC(C)(C#Cc1ccc(-c2ccc(Cl)c3c(N(CC(=O)NCCN4CCNCC4)[SH](=O)=O)nn(CC(F)(F)F)c23)c(C(Cc2cc(F)cc(F)c2)NC(=O)Cn2nc(C(F)(F)F)c3c2C(F)(F)[C@@H]2C[C@H]32)n1)S(C)(=O)=O. The molecule has 5 aromatic rings. The number of rotatable bonds is 16. The van der Waals surface area contributed by atoms with Crippen LogP contribution in [0.15, 0.2) is 42.5 Å². The number of piperazine rings is 1. The standard InChI is InChI=1S/C46H45ClF10N10O6S2/c1-43(2,75(3,72)73)9-8-27-4-5-28(29-6-7-32(47)37-39(29)66(23-44(50,51)52)63-42(37)67(74(70)71)22-34(68)59-12-15-64-13-10-58-11-14-64)38(60-27)33(18-24-16-25(48)19-26(49)17-24)61-35(69)21-65-41-36(40(62-65)46(55,56)57)30-20-31(30)45(41,53)54/h4-7,16-17,19,30-31,33,58,74H,10-15,18,20-23H2,1-3H3,(H,59,68)(H,61,69)/t30-,31+,33?/m0/s1. The number of nitrogens with one attached hydrogen (secondary N) is 3. The van der Waals surface area contributed by atoms with Crippen molar-refractivity contribution in [3.63, 3.8) is 0 Å². The van der Waals surface area contributed by atoms with Gasteiger partial charge in [0, 0.05) is 74.2 Å². The number of alkyl halides is 8. The molecule has 3 aromatic heterocycles. The van der Waals surface area contributed by atoms with Crippen LogP contribution in [-0.4, -0.2) is 121 Å². The van der Waals surface area contributed by atoms with E-state index in [-0.39, 0.29) is 45.1 Å². The third-order valence-corrected chi connectivity index (χ3v) is 16.0. The highest BCUT2D eigenvalue weighted by molar-refractivity contribution is 7.92. The molecule has 1 unspecified atom stereocenters. The van der Waals surface area contributed by atoms with Crippen LogP contribution in [0.2, 0.25) is 5.02 Å². The molecule has 404 valence electrons. The Morgan fingerprint density at radius 1 is 0.973 bits per heavy atom. The highest BCUT2D eigenvalue weighted by Gasteiger charge is 2.68. The van der Waals surface area contributed by atoms with Crippen LogP contribution in [-0.2, 0) is 61.9 Å². The number of thiol groups is 1. The van der Waals surface area contributed by atoms with Gasteiger partial charge in [0.1, 0.15) is 47.4 Å². The third kappa shape index (κ3) is 11.9. The normalized spacial score (nSPS) is 18.1. The molecule has 2 fully saturated rings. The van der Waals surface area contributed by atoms with Crippen LogP contribution < -0.4 is 20.3 Å². The second kappa shape index (κ2) is 20.5. The smallest absolute Gasteiger partial charge is 0.353 e. The Hall–Kier alpha value is -6.02. The average molecular weight is 1120 g/mol. The molecule has 1 aliphatic heterocycles. The Labute approximate surface area is 428 Å². The van der Waals surface area contributed by atoms with Crippen LogP contribution in [0.25, 0.3) is 22.0 Å². The number of benzene rings is 2. The van der Waals surface area contributed by atoms with Crippen LogP contribution in [0.5, 0.6) is 0 Å². The molecule has 8 rings (SSSR count). The molecule has 1 saturated heterocycles. The molecule has 3 aliphatic rings. The number of pyridine rings is 1. The van der Waals surface area contributed by atoms with Crippen LogP contribution in [0.3, 0.4) is 0 Å². The number of aromatic nitrogens is 5. The molecule has 16 nitrogen and oxygen atoms in total. The van der Waals surface area contributed by atoms with Crippen molar-refractivity contribution >= 4 is 60.9 Å². The molecule has 75 heavy (non-hydrogen) atoms. The summed E-state index contributed by atoms with van der Waals surface area (Å²) >= 11 is 6.68. The Morgan fingerprint density at radius 2 is 1.64 bits per heavy atom. The number of hydrogen-bond acceptors (Lipinski definition) is 11. The zero-order valence-electron chi connectivity index (χ0n) is 39.6. The van der Waals surface area contributed by atoms with E-state index in [0.29, 0.717) is 47.8 Å². The Morgan fingerprint density at radius 3 is 2.27 bits per heavy atom. The molecule has 2 aromatic carbocycles. The maximum Gasteiger partial charge on any atom is 0.435 e. The van der Waals surface area contributed by atoms with Gasteiger partial charge in [-0.25, -0.2) is 34.9 Å². The van der Waals surface area contributed by atoms with Gasteiger partial charge in [-0.15, -0.1) is 0 Å². The lowest BCUT2D eigenvalue weighted by atomic mass is 9.93.